The summed E-state index contributed by atoms with van der Waals surface area (Å²) < 4.78 is 26.6. The molecule has 1 aliphatic carbocycles. The predicted octanol–water partition coefficient (Wildman–Crippen LogP) is 2.91. The van der Waals surface area contributed by atoms with E-state index in [2.05, 4.69) is 5.32 Å². The van der Waals surface area contributed by atoms with Gasteiger partial charge in [0.15, 0.2) is 0 Å². The molecular formula is C14H17F2NO. The molecular weight excluding hydrogens is 236 g/mol. The van der Waals surface area contributed by atoms with Crippen molar-refractivity contribution in [3.8, 4) is 0 Å². The van der Waals surface area contributed by atoms with E-state index < -0.39 is 11.6 Å². The van der Waals surface area contributed by atoms with Gasteiger partial charge in [0.05, 0.1) is 0 Å². The number of benzene rings is 1. The Hall–Kier alpha value is -1.45. The first-order valence-corrected chi connectivity index (χ1v) is 6.29. The Bertz CT molecular complexity index is 455. The zero-order chi connectivity index (χ0) is 13.2. The third kappa shape index (κ3) is 2.68. The van der Waals surface area contributed by atoms with Crippen molar-refractivity contribution in [1.29, 1.82) is 0 Å². The molecule has 1 amide bonds. The van der Waals surface area contributed by atoms with Crippen molar-refractivity contribution < 1.29 is 13.6 Å². The molecule has 4 heteroatoms. The molecule has 0 aromatic heterocycles. The second kappa shape index (κ2) is 5.04. The molecule has 1 fully saturated rings. The van der Waals surface area contributed by atoms with Gasteiger partial charge >= 0.3 is 0 Å². The normalized spacial score (nSPS) is 16.4. The molecule has 1 N–H and O–H groups in total. The van der Waals surface area contributed by atoms with Crippen LogP contribution in [0.4, 0.5) is 8.78 Å². The molecule has 1 aromatic rings. The van der Waals surface area contributed by atoms with Crippen molar-refractivity contribution in [2.75, 3.05) is 6.54 Å². The standard InChI is InChI=1S/C14H17F2NO/c1-2-3-13(18)17-9-14(6-7-14)11-5-4-10(15)8-12(11)16/h4-5,8H,2-3,6-7,9H2,1H3,(H,17,18). The van der Waals surface area contributed by atoms with E-state index in [-0.39, 0.29) is 11.3 Å². The highest BCUT2D eigenvalue weighted by Gasteiger charge is 2.46. The van der Waals surface area contributed by atoms with Crippen LogP contribution in [0.2, 0.25) is 0 Å². The van der Waals surface area contributed by atoms with Crippen molar-refractivity contribution in [3.05, 3.63) is 35.4 Å². The van der Waals surface area contributed by atoms with Crippen LogP contribution in [0.15, 0.2) is 18.2 Å². The first-order valence-electron chi connectivity index (χ1n) is 6.29. The molecule has 1 aromatic carbocycles. The molecule has 2 nitrogen and oxygen atoms in total. The third-order valence-electron chi connectivity index (χ3n) is 3.46. The van der Waals surface area contributed by atoms with E-state index in [1.54, 1.807) is 0 Å². The van der Waals surface area contributed by atoms with Crippen molar-refractivity contribution in [3.63, 3.8) is 0 Å². The maximum atomic E-state index is 13.7. The lowest BCUT2D eigenvalue weighted by molar-refractivity contribution is -0.121. The fraction of sp³-hybridized carbons (Fsp3) is 0.500. The van der Waals surface area contributed by atoms with Crippen LogP contribution in [-0.4, -0.2) is 12.5 Å². The fourth-order valence-electron chi connectivity index (χ4n) is 2.20. The van der Waals surface area contributed by atoms with Crippen molar-refractivity contribution in [1.82, 2.24) is 5.32 Å². The minimum absolute atomic E-state index is 0.00806. The maximum absolute atomic E-state index is 13.7. The summed E-state index contributed by atoms with van der Waals surface area (Å²) in [6.07, 6.45) is 2.95. The van der Waals surface area contributed by atoms with Crippen LogP contribution in [-0.2, 0) is 10.2 Å². The Kier molecular flexibility index (Phi) is 3.64. The average molecular weight is 253 g/mol. The highest BCUT2D eigenvalue weighted by molar-refractivity contribution is 5.76. The van der Waals surface area contributed by atoms with E-state index in [9.17, 15) is 13.6 Å². The van der Waals surface area contributed by atoms with Crippen molar-refractivity contribution in [2.45, 2.75) is 38.0 Å². The SMILES string of the molecule is CCCC(=O)NCC1(c2ccc(F)cc2F)CC1. The number of hydrogen-bond acceptors (Lipinski definition) is 1. The molecule has 0 spiro atoms. The van der Waals surface area contributed by atoms with Crippen LogP contribution in [0, 0.1) is 11.6 Å². The zero-order valence-electron chi connectivity index (χ0n) is 10.4. The van der Waals surface area contributed by atoms with E-state index >= 15 is 0 Å². The van der Waals surface area contributed by atoms with Crippen LogP contribution < -0.4 is 5.32 Å². The summed E-state index contributed by atoms with van der Waals surface area (Å²) in [4.78, 5) is 11.4. The first-order chi connectivity index (χ1) is 8.57. The minimum atomic E-state index is -0.568. The molecule has 0 saturated heterocycles. The van der Waals surface area contributed by atoms with E-state index in [4.69, 9.17) is 0 Å². The molecule has 1 aliphatic rings. The lowest BCUT2D eigenvalue weighted by atomic mass is 9.95. The lowest BCUT2D eigenvalue weighted by Gasteiger charge is -2.17. The molecule has 0 heterocycles. The van der Waals surface area contributed by atoms with E-state index in [0.29, 0.717) is 18.5 Å². The molecule has 2 rings (SSSR count). The zero-order valence-corrected chi connectivity index (χ0v) is 10.4. The van der Waals surface area contributed by atoms with Gasteiger partial charge in [0.2, 0.25) is 5.91 Å². The predicted molar refractivity (Wildman–Crippen MR) is 65.2 cm³/mol. The maximum Gasteiger partial charge on any atom is 0.220 e. The molecule has 0 unspecified atom stereocenters. The Morgan fingerprint density at radius 3 is 2.67 bits per heavy atom. The third-order valence-corrected chi connectivity index (χ3v) is 3.46. The number of carbonyl (C=O) groups excluding carboxylic acids is 1. The molecule has 0 atom stereocenters. The Labute approximate surface area is 105 Å². The number of halogens is 2. The Morgan fingerprint density at radius 2 is 2.11 bits per heavy atom. The summed E-state index contributed by atoms with van der Waals surface area (Å²) in [6, 6.07) is 3.67. The van der Waals surface area contributed by atoms with Gasteiger partial charge in [-0.3, -0.25) is 4.79 Å². The van der Waals surface area contributed by atoms with Gasteiger partial charge in [0.1, 0.15) is 11.6 Å². The molecule has 98 valence electrons. The number of carbonyl (C=O) groups is 1. The molecule has 0 radical (unpaired) electrons. The topological polar surface area (TPSA) is 29.1 Å². The summed E-state index contributed by atoms with van der Waals surface area (Å²) in [6.45, 7) is 2.38. The molecule has 0 aliphatic heterocycles. The van der Waals surface area contributed by atoms with Crippen molar-refractivity contribution >= 4 is 5.91 Å². The number of amides is 1. The van der Waals surface area contributed by atoms with Crippen molar-refractivity contribution in [2.24, 2.45) is 0 Å². The smallest absolute Gasteiger partial charge is 0.220 e. The summed E-state index contributed by atoms with van der Waals surface area (Å²) in [5, 5.41) is 2.83. The van der Waals surface area contributed by atoms with Gasteiger partial charge in [-0.1, -0.05) is 13.0 Å². The monoisotopic (exact) mass is 253 g/mol. The molecule has 18 heavy (non-hydrogen) atoms. The Morgan fingerprint density at radius 1 is 1.39 bits per heavy atom. The second-order valence-corrected chi connectivity index (χ2v) is 4.93. The second-order valence-electron chi connectivity index (χ2n) is 4.93. The fourth-order valence-corrected chi connectivity index (χ4v) is 2.20. The van der Waals surface area contributed by atoms with Crippen LogP contribution in [0.1, 0.15) is 38.2 Å². The first kappa shape index (κ1) is 13.0. The van der Waals surface area contributed by atoms with Gasteiger partial charge in [-0.25, -0.2) is 8.78 Å². The molecule has 1 saturated carbocycles. The number of rotatable bonds is 5. The van der Waals surface area contributed by atoms with Crippen LogP contribution >= 0.6 is 0 Å². The average Bonchev–Trinajstić information content (AvgIpc) is 3.08. The quantitative estimate of drug-likeness (QED) is 0.859. The summed E-state index contributed by atoms with van der Waals surface area (Å²) in [5.74, 6) is -1.09. The summed E-state index contributed by atoms with van der Waals surface area (Å²) in [7, 11) is 0. The summed E-state index contributed by atoms with van der Waals surface area (Å²) in [5.41, 5.74) is 0.196. The van der Waals surface area contributed by atoms with E-state index in [1.807, 2.05) is 6.92 Å². The van der Waals surface area contributed by atoms with Crippen LogP contribution in [0.5, 0.6) is 0 Å². The molecule has 0 bridgehead atoms. The van der Waals surface area contributed by atoms with Crippen LogP contribution in [0.25, 0.3) is 0 Å². The summed E-state index contributed by atoms with van der Waals surface area (Å²) >= 11 is 0. The minimum Gasteiger partial charge on any atom is -0.355 e. The number of hydrogen-bond donors (Lipinski definition) is 1. The van der Waals surface area contributed by atoms with Gasteiger partial charge in [-0.2, -0.15) is 0 Å². The van der Waals surface area contributed by atoms with Crippen LogP contribution in [0.3, 0.4) is 0 Å². The van der Waals surface area contributed by atoms with Gasteiger partial charge in [0.25, 0.3) is 0 Å². The number of nitrogens with one attached hydrogen (secondary N) is 1. The highest BCUT2D eigenvalue weighted by atomic mass is 19.1. The highest BCUT2D eigenvalue weighted by Crippen LogP contribution is 2.48. The van der Waals surface area contributed by atoms with Gasteiger partial charge in [0, 0.05) is 24.4 Å². The van der Waals surface area contributed by atoms with Gasteiger partial charge < -0.3 is 5.32 Å². The van der Waals surface area contributed by atoms with Gasteiger partial charge in [-0.05, 0) is 30.9 Å². The van der Waals surface area contributed by atoms with Gasteiger partial charge in [-0.15, -0.1) is 0 Å². The lowest BCUT2D eigenvalue weighted by Crippen LogP contribution is -2.32. The van der Waals surface area contributed by atoms with E-state index in [0.717, 1.165) is 25.3 Å². The Balaban J connectivity index is 2.05. The largest absolute Gasteiger partial charge is 0.355 e. The van der Waals surface area contributed by atoms with E-state index in [1.165, 1.54) is 12.1 Å².